The predicted octanol–water partition coefficient (Wildman–Crippen LogP) is 2.34. The zero-order valence-electron chi connectivity index (χ0n) is 8.86. The Balaban J connectivity index is 2.69. The molecule has 2 aromatic rings. The Morgan fingerprint density at radius 2 is 1.80 bits per heavy atom. The molecule has 0 bridgehead atoms. The van der Waals surface area contributed by atoms with Gasteiger partial charge in [-0.2, -0.15) is 0 Å². The van der Waals surface area contributed by atoms with Crippen LogP contribution < -0.4 is 5.73 Å². The van der Waals surface area contributed by atoms with Crippen LogP contribution in [0.3, 0.4) is 0 Å². The van der Waals surface area contributed by atoms with Gasteiger partial charge in [0.25, 0.3) is 0 Å². The second kappa shape index (κ2) is 3.69. The van der Waals surface area contributed by atoms with Crippen LogP contribution in [-0.2, 0) is 0 Å². The highest BCUT2D eigenvalue weighted by atomic mass is 14.8. The van der Waals surface area contributed by atoms with Crippen LogP contribution in [0.2, 0.25) is 0 Å². The number of nitrogens with two attached hydrogens (primary N) is 1. The van der Waals surface area contributed by atoms with Gasteiger partial charge < -0.3 is 5.73 Å². The molecule has 76 valence electrons. The molecule has 2 heterocycles. The molecule has 0 aromatic carbocycles. The number of aryl methyl sites for hydroxylation is 2. The van der Waals surface area contributed by atoms with E-state index in [1.54, 1.807) is 12.4 Å². The Labute approximate surface area is 89.0 Å². The van der Waals surface area contributed by atoms with E-state index < -0.39 is 0 Å². The van der Waals surface area contributed by atoms with Gasteiger partial charge in [-0.1, -0.05) is 0 Å². The number of hydrogen-bond donors (Lipinski definition) is 1. The molecule has 0 amide bonds. The SMILES string of the molecule is Cc1ccncc1-c1c(C)ccnc1N. The van der Waals surface area contributed by atoms with Gasteiger partial charge in [-0.25, -0.2) is 4.98 Å². The first-order valence-corrected chi connectivity index (χ1v) is 4.82. The first-order chi connectivity index (χ1) is 7.20. The third kappa shape index (κ3) is 1.68. The summed E-state index contributed by atoms with van der Waals surface area (Å²) < 4.78 is 0. The largest absolute Gasteiger partial charge is 0.383 e. The Bertz CT molecular complexity index is 472. The molecule has 0 aliphatic heterocycles. The number of nitrogens with zero attached hydrogens (tertiary/aromatic N) is 2. The molecule has 0 atom stereocenters. The minimum atomic E-state index is 0.561. The van der Waals surface area contributed by atoms with E-state index in [1.807, 2.05) is 32.2 Å². The molecule has 3 heteroatoms. The highest BCUT2D eigenvalue weighted by Crippen LogP contribution is 2.29. The summed E-state index contributed by atoms with van der Waals surface area (Å²) in [6, 6.07) is 3.93. The lowest BCUT2D eigenvalue weighted by Crippen LogP contribution is -1.97. The monoisotopic (exact) mass is 199 g/mol. The summed E-state index contributed by atoms with van der Waals surface area (Å²) in [4.78, 5) is 8.23. The van der Waals surface area contributed by atoms with Gasteiger partial charge in [-0.3, -0.25) is 4.98 Å². The van der Waals surface area contributed by atoms with E-state index in [-0.39, 0.29) is 0 Å². The van der Waals surface area contributed by atoms with Crippen LogP contribution in [0.5, 0.6) is 0 Å². The summed E-state index contributed by atoms with van der Waals surface area (Å²) in [6.07, 6.45) is 5.33. The van der Waals surface area contributed by atoms with E-state index in [1.165, 1.54) is 0 Å². The van der Waals surface area contributed by atoms with Gasteiger partial charge in [0.15, 0.2) is 0 Å². The Morgan fingerprint density at radius 3 is 2.47 bits per heavy atom. The third-order valence-corrected chi connectivity index (χ3v) is 2.50. The van der Waals surface area contributed by atoms with Crippen molar-refractivity contribution in [3.05, 3.63) is 41.9 Å². The van der Waals surface area contributed by atoms with Gasteiger partial charge in [0, 0.05) is 29.7 Å². The molecule has 0 saturated heterocycles. The number of aromatic nitrogens is 2. The van der Waals surface area contributed by atoms with Gasteiger partial charge in [-0.05, 0) is 37.1 Å². The van der Waals surface area contributed by atoms with Crippen molar-refractivity contribution in [2.75, 3.05) is 5.73 Å². The number of nitrogen functional groups attached to an aromatic ring is 1. The fraction of sp³-hybridized carbons (Fsp3) is 0.167. The standard InChI is InChI=1S/C12H13N3/c1-8-3-5-14-7-10(8)11-9(2)4-6-15-12(11)13/h3-7H,1-2H3,(H2,13,15). The van der Waals surface area contributed by atoms with Crippen molar-refractivity contribution in [1.29, 1.82) is 0 Å². The average Bonchev–Trinajstić information content (AvgIpc) is 2.20. The smallest absolute Gasteiger partial charge is 0.131 e. The van der Waals surface area contributed by atoms with Crippen molar-refractivity contribution in [2.24, 2.45) is 0 Å². The molecule has 2 rings (SSSR count). The fourth-order valence-corrected chi connectivity index (χ4v) is 1.66. The van der Waals surface area contributed by atoms with Crippen molar-refractivity contribution in [3.63, 3.8) is 0 Å². The minimum Gasteiger partial charge on any atom is -0.383 e. The van der Waals surface area contributed by atoms with Crippen molar-refractivity contribution in [1.82, 2.24) is 9.97 Å². The highest BCUT2D eigenvalue weighted by molar-refractivity contribution is 5.78. The third-order valence-electron chi connectivity index (χ3n) is 2.50. The minimum absolute atomic E-state index is 0.561. The van der Waals surface area contributed by atoms with Crippen molar-refractivity contribution in [2.45, 2.75) is 13.8 Å². The maximum absolute atomic E-state index is 5.88. The Kier molecular flexibility index (Phi) is 2.37. The zero-order valence-corrected chi connectivity index (χ0v) is 8.86. The van der Waals surface area contributed by atoms with E-state index in [2.05, 4.69) is 9.97 Å². The van der Waals surface area contributed by atoms with E-state index in [0.29, 0.717) is 5.82 Å². The molecule has 0 aliphatic carbocycles. The van der Waals surface area contributed by atoms with Crippen LogP contribution in [0.15, 0.2) is 30.7 Å². The summed E-state index contributed by atoms with van der Waals surface area (Å²) >= 11 is 0. The normalized spacial score (nSPS) is 10.3. The van der Waals surface area contributed by atoms with Gasteiger partial charge >= 0.3 is 0 Å². The van der Waals surface area contributed by atoms with Crippen LogP contribution in [-0.4, -0.2) is 9.97 Å². The molecule has 0 fully saturated rings. The van der Waals surface area contributed by atoms with Gasteiger partial charge in [0.05, 0.1) is 0 Å². The molecule has 0 aliphatic rings. The van der Waals surface area contributed by atoms with Gasteiger partial charge in [-0.15, -0.1) is 0 Å². The molecule has 2 N–H and O–H groups in total. The maximum Gasteiger partial charge on any atom is 0.131 e. The number of hydrogen-bond acceptors (Lipinski definition) is 3. The topological polar surface area (TPSA) is 51.8 Å². The lowest BCUT2D eigenvalue weighted by Gasteiger charge is -2.10. The Morgan fingerprint density at radius 1 is 1.07 bits per heavy atom. The van der Waals surface area contributed by atoms with E-state index in [4.69, 9.17) is 5.73 Å². The van der Waals surface area contributed by atoms with Gasteiger partial charge in [0.1, 0.15) is 5.82 Å². The second-order valence-corrected chi connectivity index (χ2v) is 3.58. The van der Waals surface area contributed by atoms with Crippen LogP contribution in [0.25, 0.3) is 11.1 Å². The summed E-state index contributed by atoms with van der Waals surface area (Å²) in [5, 5.41) is 0. The van der Waals surface area contributed by atoms with Crippen molar-refractivity contribution < 1.29 is 0 Å². The second-order valence-electron chi connectivity index (χ2n) is 3.58. The molecule has 15 heavy (non-hydrogen) atoms. The molecule has 2 aromatic heterocycles. The van der Waals surface area contributed by atoms with Crippen LogP contribution >= 0.6 is 0 Å². The fourth-order valence-electron chi connectivity index (χ4n) is 1.66. The summed E-state index contributed by atoms with van der Waals surface area (Å²) in [5.74, 6) is 0.561. The lowest BCUT2D eigenvalue weighted by atomic mass is 10.00. The number of pyridine rings is 2. The first kappa shape index (κ1) is 9.65. The van der Waals surface area contributed by atoms with E-state index in [9.17, 15) is 0 Å². The first-order valence-electron chi connectivity index (χ1n) is 4.82. The molecule has 0 radical (unpaired) electrons. The number of anilines is 1. The van der Waals surface area contributed by atoms with Crippen molar-refractivity contribution >= 4 is 5.82 Å². The molecule has 0 saturated carbocycles. The molecule has 0 spiro atoms. The van der Waals surface area contributed by atoms with E-state index >= 15 is 0 Å². The molecular formula is C12H13N3. The predicted molar refractivity (Wildman–Crippen MR) is 61.4 cm³/mol. The molecule has 0 unspecified atom stereocenters. The number of rotatable bonds is 1. The lowest BCUT2D eigenvalue weighted by molar-refractivity contribution is 1.25. The molecule has 3 nitrogen and oxygen atoms in total. The van der Waals surface area contributed by atoms with Crippen LogP contribution in [0.1, 0.15) is 11.1 Å². The summed E-state index contributed by atoms with van der Waals surface area (Å²) in [6.45, 7) is 4.07. The summed E-state index contributed by atoms with van der Waals surface area (Å²) in [5.41, 5.74) is 10.2. The average molecular weight is 199 g/mol. The van der Waals surface area contributed by atoms with E-state index in [0.717, 1.165) is 22.3 Å². The van der Waals surface area contributed by atoms with Crippen molar-refractivity contribution in [3.8, 4) is 11.1 Å². The van der Waals surface area contributed by atoms with Crippen LogP contribution in [0.4, 0.5) is 5.82 Å². The quantitative estimate of drug-likeness (QED) is 0.767. The zero-order chi connectivity index (χ0) is 10.8. The van der Waals surface area contributed by atoms with Crippen LogP contribution in [0, 0.1) is 13.8 Å². The molecular weight excluding hydrogens is 186 g/mol. The Hall–Kier alpha value is -1.90. The van der Waals surface area contributed by atoms with Gasteiger partial charge in [0.2, 0.25) is 0 Å². The summed E-state index contributed by atoms with van der Waals surface area (Å²) in [7, 11) is 0. The highest BCUT2D eigenvalue weighted by Gasteiger charge is 2.09. The maximum atomic E-state index is 5.88.